The topological polar surface area (TPSA) is 101 Å². The summed E-state index contributed by atoms with van der Waals surface area (Å²) >= 11 is 0. The molecule has 176 valence electrons. The molecule has 0 unspecified atom stereocenters. The number of H-pyrrole nitrogens is 1. The molecule has 2 heterocycles. The Morgan fingerprint density at radius 3 is 2.26 bits per heavy atom. The van der Waals surface area contributed by atoms with Crippen LogP contribution in [-0.4, -0.2) is 31.8 Å². The molecule has 34 heavy (non-hydrogen) atoms. The number of pyridine rings is 2. The number of aromatic nitrogens is 2. The van der Waals surface area contributed by atoms with Crippen molar-refractivity contribution in [3.8, 4) is 28.1 Å². The number of hydrogen-bond acceptors (Lipinski definition) is 5. The number of hydrogen-bond donors (Lipinski definition) is 2. The molecule has 0 radical (unpaired) electrons. The highest BCUT2D eigenvalue weighted by atomic mass is 32.2. The molecule has 2 N–H and O–H groups in total. The molecule has 2 aromatic carbocycles. The number of ether oxygens (including phenoxy) is 1. The Bertz CT molecular complexity index is 1530. The molecule has 8 heteroatoms. The summed E-state index contributed by atoms with van der Waals surface area (Å²) < 4.78 is 31.2. The maximum atomic E-state index is 12.5. The molecule has 0 bridgehead atoms. The van der Waals surface area contributed by atoms with E-state index in [9.17, 15) is 13.2 Å². The molecule has 0 saturated carbocycles. The quantitative estimate of drug-likeness (QED) is 0.424. The summed E-state index contributed by atoms with van der Waals surface area (Å²) in [5.41, 5.74) is 4.88. The number of methoxy groups -OCH3 is 1. The Kier molecular flexibility index (Phi) is 5.95. The van der Waals surface area contributed by atoms with Gasteiger partial charge in [-0.05, 0) is 64.6 Å². The normalized spacial score (nSPS) is 12.0. The fraction of sp³-hybridized carbons (Fsp3) is 0.231. The van der Waals surface area contributed by atoms with Gasteiger partial charge in [0, 0.05) is 28.4 Å². The number of nitrogens with one attached hydrogen (secondary N) is 2. The van der Waals surface area contributed by atoms with Gasteiger partial charge in [-0.3, -0.25) is 9.52 Å². The molecule has 0 fully saturated rings. The van der Waals surface area contributed by atoms with E-state index in [1.807, 2.05) is 36.4 Å². The zero-order valence-electron chi connectivity index (χ0n) is 19.8. The van der Waals surface area contributed by atoms with Crippen molar-refractivity contribution in [1.29, 1.82) is 0 Å². The van der Waals surface area contributed by atoms with Crippen molar-refractivity contribution in [3.05, 3.63) is 76.7 Å². The predicted molar refractivity (Wildman–Crippen MR) is 137 cm³/mol. The molecule has 4 aromatic rings. The monoisotopic (exact) mass is 477 g/mol. The van der Waals surface area contributed by atoms with Crippen LogP contribution in [0.25, 0.3) is 33.2 Å². The predicted octanol–water partition coefficient (Wildman–Crippen LogP) is 4.93. The standard InChI is InChI=1S/C26H27N3O4S/c1-26(2,3)22-15-17(20-7-6-12-27-24(20)30)13-18-14-21(25(33-4)28-23(18)22)16-8-10-19(11-9-16)29-34(5,31)32/h6-15,29H,1-5H3,(H,27,30). The third kappa shape index (κ3) is 4.82. The highest BCUT2D eigenvalue weighted by Gasteiger charge is 2.22. The van der Waals surface area contributed by atoms with Crippen LogP contribution in [0.2, 0.25) is 0 Å². The van der Waals surface area contributed by atoms with Gasteiger partial charge >= 0.3 is 0 Å². The molecule has 7 nitrogen and oxygen atoms in total. The smallest absolute Gasteiger partial charge is 0.255 e. The van der Waals surface area contributed by atoms with Crippen molar-refractivity contribution in [2.45, 2.75) is 26.2 Å². The van der Waals surface area contributed by atoms with E-state index in [0.717, 1.165) is 39.4 Å². The van der Waals surface area contributed by atoms with Crippen LogP contribution in [-0.2, 0) is 15.4 Å². The summed E-state index contributed by atoms with van der Waals surface area (Å²) in [6.45, 7) is 6.32. The van der Waals surface area contributed by atoms with Crippen molar-refractivity contribution in [3.63, 3.8) is 0 Å². The SMILES string of the molecule is COc1nc2c(C(C)(C)C)cc(-c3ccc[nH]c3=O)cc2cc1-c1ccc(NS(C)(=O)=O)cc1. The Hall–Kier alpha value is -3.65. The van der Waals surface area contributed by atoms with Gasteiger partial charge in [0.05, 0.1) is 18.9 Å². The van der Waals surface area contributed by atoms with E-state index in [1.54, 1.807) is 31.5 Å². The van der Waals surface area contributed by atoms with Crippen LogP contribution in [0.1, 0.15) is 26.3 Å². The second-order valence-electron chi connectivity index (χ2n) is 9.26. The van der Waals surface area contributed by atoms with Gasteiger partial charge < -0.3 is 9.72 Å². The van der Waals surface area contributed by atoms with Crippen LogP contribution in [0.5, 0.6) is 5.88 Å². The summed E-state index contributed by atoms with van der Waals surface area (Å²) in [6.07, 6.45) is 2.73. The first-order valence-corrected chi connectivity index (χ1v) is 12.6. The van der Waals surface area contributed by atoms with Gasteiger partial charge in [0.25, 0.3) is 5.56 Å². The average molecular weight is 478 g/mol. The van der Waals surface area contributed by atoms with Gasteiger partial charge in [0.1, 0.15) is 0 Å². The number of sulfonamides is 1. The molecule has 0 aliphatic heterocycles. The minimum absolute atomic E-state index is 0.155. The number of nitrogens with zero attached hydrogens (tertiary/aromatic N) is 1. The van der Waals surface area contributed by atoms with E-state index in [1.165, 1.54) is 0 Å². The van der Waals surface area contributed by atoms with Gasteiger partial charge in [0.2, 0.25) is 15.9 Å². The first kappa shape index (κ1) is 23.5. The Labute approximate surface area is 198 Å². The Morgan fingerprint density at radius 1 is 0.971 bits per heavy atom. The number of aromatic amines is 1. The molecule has 0 aliphatic carbocycles. The van der Waals surface area contributed by atoms with Crippen molar-refractivity contribution >= 4 is 26.6 Å². The summed E-state index contributed by atoms with van der Waals surface area (Å²) in [7, 11) is -1.79. The molecular formula is C26H27N3O4S. The van der Waals surface area contributed by atoms with E-state index in [2.05, 4.69) is 30.5 Å². The Morgan fingerprint density at radius 2 is 1.68 bits per heavy atom. The summed E-state index contributed by atoms with van der Waals surface area (Å²) in [4.78, 5) is 20.1. The second-order valence-corrected chi connectivity index (χ2v) is 11.0. The van der Waals surface area contributed by atoms with Crippen LogP contribution in [0, 0.1) is 0 Å². The van der Waals surface area contributed by atoms with Crippen LogP contribution in [0.15, 0.2) is 65.6 Å². The number of benzene rings is 2. The number of anilines is 1. The second kappa shape index (κ2) is 8.61. The summed E-state index contributed by atoms with van der Waals surface area (Å²) in [5.74, 6) is 0.465. The van der Waals surface area contributed by atoms with Crippen molar-refractivity contribution < 1.29 is 13.2 Å². The molecule has 0 amide bonds. The van der Waals surface area contributed by atoms with Gasteiger partial charge in [-0.1, -0.05) is 32.9 Å². The van der Waals surface area contributed by atoms with Crippen LogP contribution < -0.4 is 15.0 Å². The minimum atomic E-state index is -3.36. The van der Waals surface area contributed by atoms with Gasteiger partial charge in [-0.2, -0.15) is 0 Å². The maximum absolute atomic E-state index is 12.5. The molecule has 4 rings (SSSR count). The van der Waals surface area contributed by atoms with Crippen molar-refractivity contribution in [2.75, 3.05) is 18.1 Å². The lowest BCUT2D eigenvalue weighted by Crippen LogP contribution is -2.14. The van der Waals surface area contributed by atoms with E-state index in [4.69, 9.17) is 9.72 Å². The molecule has 0 aliphatic rings. The lowest BCUT2D eigenvalue weighted by atomic mass is 9.83. The lowest BCUT2D eigenvalue weighted by molar-refractivity contribution is 0.401. The maximum Gasteiger partial charge on any atom is 0.255 e. The van der Waals surface area contributed by atoms with Gasteiger partial charge in [0.15, 0.2) is 0 Å². The Balaban J connectivity index is 1.94. The minimum Gasteiger partial charge on any atom is -0.481 e. The first-order chi connectivity index (χ1) is 16.0. The third-order valence-electron chi connectivity index (χ3n) is 5.51. The molecule has 0 atom stereocenters. The van der Waals surface area contributed by atoms with Crippen molar-refractivity contribution in [1.82, 2.24) is 9.97 Å². The van der Waals surface area contributed by atoms with E-state index in [-0.39, 0.29) is 11.0 Å². The average Bonchev–Trinajstić information content (AvgIpc) is 2.76. The fourth-order valence-corrected chi connectivity index (χ4v) is 4.51. The van der Waals surface area contributed by atoms with E-state index >= 15 is 0 Å². The lowest BCUT2D eigenvalue weighted by Gasteiger charge is -2.23. The first-order valence-electron chi connectivity index (χ1n) is 10.8. The number of rotatable bonds is 5. The molecular weight excluding hydrogens is 450 g/mol. The van der Waals surface area contributed by atoms with Crippen LogP contribution in [0.4, 0.5) is 5.69 Å². The molecule has 2 aromatic heterocycles. The third-order valence-corrected chi connectivity index (χ3v) is 6.12. The van der Waals surface area contributed by atoms with Gasteiger partial charge in [-0.25, -0.2) is 13.4 Å². The van der Waals surface area contributed by atoms with Crippen LogP contribution >= 0.6 is 0 Å². The van der Waals surface area contributed by atoms with E-state index < -0.39 is 10.0 Å². The zero-order chi connectivity index (χ0) is 24.7. The van der Waals surface area contributed by atoms with Crippen molar-refractivity contribution in [2.24, 2.45) is 0 Å². The molecule has 0 spiro atoms. The van der Waals surface area contributed by atoms with Gasteiger partial charge in [-0.15, -0.1) is 0 Å². The van der Waals surface area contributed by atoms with Crippen LogP contribution in [0.3, 0.4) is 0 Å². The largest absolute Gasteiger partial charge is 0.481 e. The zero-order valence-corrected chi connectivity index (χ0v) is 20.6. The molecule has 0 saturated heterocycles. The number of fused-ring (bicyclic) bond motifs is 1. The highest BCUT2D eigenvalue weighted by Crippen LogP contribution is 2.38. The summed E-state index contributed by atoms with van der Waals surface area (Å²) in [6, 6.07) is 16.6. The fourth-order valence-electron chi connectivity index (χ4n) is 3.94. The highest BCUT2D eigenvalue weighted by molar-refractivity contribution is 7.92. The van der Waals surface area contributed by atoms with E-state index in [0.29, 0.717) is 17.1 Å². The summed E-state index contributed by atoms with van der Waals surface area (Å²) in [5, 5.41) is 0.875.